The number of benzene rings is 2. The third-order valence-corrected chi connectivity index (χ3v) is 5.96. The van der Waals surface area contributed by atoms with Crippen LogP contribution in [0, 0.1) is 0 Å². The van der Waals surface area contributed by atoms with Gasteiger partial charge in [-0.05, 0) is 36.1 Å². The standard InChI is InChI=1S/C25H31N3O/c29-25(21-23-10-12-24(13-11-23)27-15-4-5-16-27)28-19-17-26(18-20-28)14-6-9-22-7-2-1-3-8-22/h1-3,6-13H,4-5,14-21H2/b9-6+. The predicted octanol–water partition coefficient (Wildman–Crippen LogP) is 3.69. The van der Waals surface area contributed by atoms with Gasteiger partial charge >= 0.3 is 0 Å². The molecule has 4 rings (SSSR count). The fraction of sp³-hybridized carbons (Fsp3) is 0.400. The van der Waals surface area contributed by atoms with Crippen LogP contribution in [0.15, 0.2) is 60.7 Å². The molecule has 2 saturated heterocycles. The van der Waals surface area contributed by atoms with E-state index < -0.39 is 0 Å². The lowest BCUT2D eigenvalue weighted by molar-refractivity contribution is -0.132. The summed E-state index contributed by atoms with van der Waals surface area (Å²) in [5.41, 5.74) is 3.64. The van der Waals surface area contributed by atoms with Crippen LogP contribution >= 0.6 is 0 Å². The number of rotatable bonds is 6. The predicted molar refractivity (Wildman–Crippen MR) is 120 cm³/mol. The molecule has 152 valence electrons. The Morgan fingerprint density at radius 2 is 1.52 bits per heavy atom. The molecule has 2 aliphatic heterocycles. The van der Waals surface area contributed by atoms with Gasteiger partial charge in [-0.15, -0.1) is 0 Å². The van der Waals surface area contributed by atoms with E-state index in [9.17, 15) is 4.79 Å². The molecular formula is C25H31N3O. The van der Waals surface area contributed by atoms with Crippen molar-refractivity contribution >= 4 is 17.7 Å². The number of nitrogens with zero attached hydrogens (tertiary/aromatic N) is 3. The second kappa shape index (κ2) is 9.75. The SMILES string of the molecule is O=C(Cc1ccc(N2CCCC2)cc1)N1CCN(C/C=C/c2ccccc2)CC1. The third-order valence-electron chi connectivity index (χ3n) is 5.96. The molecule has 0 aromatic heterocycles. The molecule has 2 aromatic rings. The van der Waals surface area contributed by atoms with E-state index >= 15 is 0 Å². The normalized spacial score (nSPS) is 17.9. The molecule has 0 spiro atoms. The third kappa shape index (κ3) is 5.48. The number of carbonyl (C=O) groups excluding carboxylic acids is 1. The molecule has 4 heteroatoms. The zero-order chi connectivity index (χ0) is 19.9. The lowest BCUT2D eigenvalue weighted by Crippen LogP contribution is -2.49. The summed E-state index contributed by atoms with van der Waals surface area (Å²) in [7, 11) is 0. The first-order valence-corrected chi connectivity index (χ1v) is 10.8. The van der Waals surface area contributed by atoms with E-state index in [0.717, 1.165) is 51.4 Å². The summed E-state index contributed by atoms with van der Waals surface area (Å²) in [4.78, 5) is 19.6. The minimum absolute atomic E-state index is 0.249. The van der Waals surface area contributed by atoms with Gasteiger partial charge in [0.2, 0.25) is 5.91 Å². The smallest absolute Gasteiger partial charge is 0.227 e. The van der Waals surface area contributed by atoms with Crippen LogP contribution in [0.3, 0.4) is 0 Å². The summed E-state index contributed by atoms with van der Waals surface area (Å²) in [5.74, 6) is 0.249. The van der Waals surface area contributed by atoms with Gasteiger partial charge in [0.05, 0.1) is 6.42 Å². The van der Waals surface area contributed by atoms with Gasteiger partial charge in [-0.2, -0.15) is 0 Å². The minimum Gasteiger partial charge on any atom is -0.372 e. The highest BCUT2D eigenvalue weighted by molar-refractivity contribution is 5.79. The lowest BCUT2D eigenvalue weighted by atomic mass is 10.1. The van der Waals surface area contributed by atoms with Crippen molar-refractivity contribution in [2.24, 2.45) is 0 Å². The number of hydrogen-bond acceptors (Lipinski definition) is 3. The number of anilines is 1. The first-order valence-electron chi connectivity index (χ1n) is 10.8. The number of piperazine rings is 1. The molecule has 0 unspecified atom stereocenters. The van der Waals surface area contributed by atoms with E-state index in [1.54, 1.807) is 0 Å². The maximum absolute atomic E-state index is 12.7. The average molecular weight is 390 g/mol. The van der Waals surface area contributed by atoms with Gasteiger partial charge in [0.15, 0.2) is 0 Å². The Morgan fingerprint density at radius 3 is 2.21 bits per heavy atom. The summed E-state index contributed by atoms with van der Waals surface area (Å²) in [6.07, 6.45) is 7.47. The van der Waals surface area contributed by atoms with Crippen LogP contribution in [-0.2, 0) is 11.2 Å². The van der Waals surface area contributed by atoms with Gasteiger partial charge in [-0.1, -0.05) is 54.6 Å². The quantitative estimate of drug-likeness (QED) is 0.754. The highest BCUT2D eigenvalue weighted by Gasteiger charge is 2.20. The largest absolute Gasteiger partial charge is 0.372 e. The molecule has 0 radical (unpaired) electrons. The fourth-order valence-electron chi connectivity index (χ4n) is 4.17. The second-order valence-electron chi connectivity index (χ2n) is 8.03. The summed E-state index contributed by atoms with van der Waals surface area (Å²) < 4.78 is 0. The van der Waals surface area contributed by atoms with Crippen molar-refractivity contribution in [2.75, 3.05) is 50.7 Å². The van der Waals surface area contributed by atoms with E-state index in [2.05, 4.69) is 70.5 Å². The summed E-state index contributed by atoms with van der Waals surface area (Å²) in [5, 5.41) is 0. The molecule has 0 N–H and O–H groups in total. The van der Waals surface area contributed by atoms with Crippen LogP contribution in [-0.4, -0.2) is 61.5 Å². The Balaban J connectivity index is 1.21. The van der Waals surface area contributed by atoms with E-state index in [1.165, 1.54) is 24.1 Å². The van der Waals surface area contributed by atoms with Crippen LogP contribution in [0.1, 0.15) is 24.0 Å². The number of carbonyl (C=O) groups is 1. The van der Waals surface area contributed by atoms with Crippen molar-refractivity contribution in [1.82, 2.24) is 9.80 Å². The van der Waals surface area contributed by atoms with E-state index in [0.29, 0.717) is 6.42 Å². The molecule has 2 aliphatic rings. The molecule has 0 atom stereocenters. The highest BCUT2D eigenvalue weighted by Crippen LogP contribution is 2.21. The molecule has 4 nitrogen and oxygen atoms in total. The topological polar surface area (TPSA) is 26.8 Å². The first kappa shape index (κ1) is 19.7. The molecule has 0 aliphatic carbocycles. The molecule has 2 fully saturated rings. The molecule has 0 saturated carbocycles. The fourth-order valence-corrected chi connectivity index (χ4v) is 4.17. The lowest BCUT2D eigenvalue weighted by Gasteiger charge is -2.34. The van der Waals surface area contributed by atoms with Crippen molar-refractivity contribution in [3.05, 3.63) is 71.8 Å². The second-order valence-corrected chi connectivity index (χ2v) is 8.03. The Kier molecular flexibility index (Phi) is 6.63. The molecular weight excluding hydrogens is 358 g/mol. The molecule has 29 heavy (non-hydrogen) atoms. The molecule has 1 amide bonds. The van der Waals surface area contributed by atoms with E-state index in [4.69, 9.17) is 0 Å². The first-order chi connectivity index (χ1) is 14.3. The Labute approximate surface area is 174 Å². The van der Waals surface area contributed by atoms with Crippen molar-refractivity contribution in [2.45, 2.75) is 19.3 Å². The molecule has 2 heterocycles. The van der Waals surface area contributed by atoms with E-state index in [1.807, 2.05) is 11.0 Å². The maximum Gasteiger partial charge on any atom is 0.227 e. The van der Waals surface area contributed by atoms with Gasteiger partial charge in [-0.3, -0.25) is 9.69 Å². The summed E-state index contributed by atoms with van der Waals surface area (Å²) in [6, 6.07) is 19.0. The van der Waals surface area contributed by atoms with Crippen LogP contribution in [0.5, 0.6) is 0 Å². The molecule has 2 aromatic carbocycles. The monoisotopic (exact) mass is 389 g/mol. The van der Waals surface area contributed by atoms with Crippen LogP contribution in [0.25, 0.3) is 6.08 Å². The average Bonchev–Trinajstić information content (AvgIpc) is 3.30. The van der Waals surface area contributed by atoms with Gasteiger partial charge in [0.1, 0.15) is 0 Å². The Morgan fingerprint density at radius 1 is 0.828 bits per heavy atom. The van der Waals surface area contributed by atoms with Crippen LogP contribution in [0.2, 0.25) is 0 Å². The zero-order valence-electron chi connectivity index (χ0n) is 17.2. The minimum atomic E-state index is 0.249. The van der Waals surface area contributed by atoms with Crippen molar-refractivity contribution in [1.29, 1.82) is 0 Å². The van der Waals surface area contributed by atoms with Gasteiger partial charge < -0.3 is 9.80 Å². The molecule has 0 bridgehead atoms. The van der Waals surface area contributed by atoms with Crippen LogP contribution < -0.4 is 4.90 Å². The van der Waals surface area contributed by atoms with Crippen molar-refractivity contribution in [3.63, 3.8) is 0 Å². The number of amides is 1. The highest BCUT2D eigenvalue weighted by atomic mass is 16.2. The van der Waals surface area contributed by atoms with Gasteiger partial charge in [0.25, 0.3) is 0 Å². The summed E-state index contributed by atoms with van der Waals surface area (Å²) in [6.45, 7) is 6.78. The van der Waals surface area contributed by atoms with E-state index in [-0.39, 0.29) is 5.91 Å². The Hall–Kier alpha value is -2.59. The summed E-state index contributed by atoms with van der Waals surface area (Å²) >= 11 is 0. The van der Waals surface area contributed by atoms with Crippen LogP contribution in [0.4, 0.5) is 5.69 Å². The van der Waals surface area contributed by atoms with Crippen molar-refractivity contribution < 1.29 is 4.79 Å². The van der Waals surface area contributed by atoms with Gasteiger partial charge in [-0.25, -0.2) is 0 Å². The van der Waals surface area contributed by atoms with Crippen molar-refractivity contribution in [3.8, 4) is 0 Å². The maximum atomic E-state index is 12.7. The zero-order valence-corrected chi connectivity index (χ0v) is 17.2. The Bertz CT molecular complexity index is 802. The number of hydrogen-bond donors (Lipinski definition) is 0. The van der Waals surface area contributed by atoms with Gasteiger partial charge in [0, 0.05) is 51.5 Å².